The first-order valence-corrected chi connectivity index (χ1v) is 11.2. The van der Waals surface area contributed by atoms with Crippen molar-refractivity contribution in [1.82, 2.24) is 19.9 Å². The molecule has 0 spiro atoms. The van der Waals surface area contributed by atoms with E-state index in [9.17, 15) is 4.79 Å². The summed E-state index contributed by atoms with van der Waals surface area (Å²) in [6, 6.07) is 13.9. The first kappa shape index (κ1) is 22.0. The second kappa shape index (κ2) is 10.4. The number of aryl methyl sites for hydroxylation is 4. The third-order valence-electron chi connectivity index (χ3n) is 5.75. The molecule has 0 unspecified atom stereocenters. The van der Waals surface area contributed by atoms with Crippen LogP contribution >= 0.6 is 0 Å². The number of carbonyl (C=O) groups excluding carboxylic acids is 1. The van der Waals surface area contributed by atoms with E-state index < -0.39 is 0 Å². The molecule has 2 aromatic heterocycles. The van der Waals surface area contributed by atoms with E-state index in [0.717, 1.165) is 56.0 Å². The first-order valence-electron chi connectivity index (χ1n) is 11.2. The van der Waals surface area contributed by atoms with E-state index in [2.05, 4.69) is 28.0 Å². The van der Waals surface area contributed by atoms with Crippen LogP contribution in [0.3, 0.4) is 0 Å². The summed E-state index contributed by atoms with van der Waals surface area (Å²) in [5, 5.41) is 3.92. The summed E-state index contributed by atoms with van der Waals surface area (Å²) in [5.74, 6) is 1.48. The van der Waals surface area contributed by atoms with Gasteiger partial charge in [0.2, 0.25) is 0 Å². The fourth-order valence-electron chi connectivity index (χ4n) is 3.85. The van der Waals surface area contributed by atoms with E-state index in [4.69, 9.17) is 9.26 Å². The molecule has 0 radical (unpaired) electrons. The molecule has 1 aliphatic rings. The largest absolute Gasteiger partial charge is 0.415 e. The maximum Gasteiger partial charge on any atom is 0.415 e. The Bertz CT molecular complexity index is 1020. The second-order valence-corrected chi connectivity index (χ2v) is 8.35. The highest BCUT2D eigenvalue weighted by molar-refractivity contribution is 5.70. The summed E-state index contributed by atoms with van der Waals surface area (Å²) in [6.45, 7) is 7.88. The Labute approximate surface area is 189 Å². The Morgan fingerprint density at radius 3 is 2.47 bits per heavy atom. The lowest BCUT2D eigenvalue weighted by Gasteiger charge is -2.33. The summed E-state index contributed by atoms with van der Waals surface area (Å²) in [7, 11) is 0. The van der Waals surface area contributed by atoms with Gasteiger partial charge in [-0.3, -0.25) is 9.88 Å². The molecule has 0 atom stereocenters. The van der Waals surface area contributed by atoms with E-state index in [1.54, 1.807) is 4.90 Å². The van der Waals surface area contributed by atoms with Crippen molar-refractivity contribution in [2.24, 2.45) is 0 Å². The molecule has 1 amide bonds. The summed E-state index contributed by atoms with van der Waals surface area (Å²) >= 11 is 0. The number of hydrogen-bond acceptors (Lipinski definition) is 6. The smallest absolute Gasteiger partial charge is 0.410 e. The van der Waals surface area contributed by atoms with Crippen molar-refractivity contribution in [3.63, 3.8) is 0 Å². The molecule has 3 heterocycles. The van der Waals surface area contributed by atoms with Crippen LogP contribution < -0.4 is 4.74 Å². The number of pyridine rings is 1. The van der Waals surface area contributed by atoms with Crippen LogP contribution in [0.2, 0.25) is 0 Å². The molecule has 1 aliphatic heterocycles. The van der Waals surface area contributed by atoms with Gasteiger partial charge in [0.25, 0.3) is 0 Å². The molecule has 32 heavy (non-hydrogen) atoms. The number of rotatable bonds is 7. The van der Waals surface area contributed by atoms with E-state index in [1.807, 2.05) is 49.5 Å². The van der Waals surface area contributed by atoms with Crippen molar-refractivity contribution in [1.29, 1.82) is 0 Å². The molecular weight excluding hydrogens is 404 g/mol. The third kappa shape index (κ3) is 6.17. The van der Waals surface area contributed by atoms with Gasteiger partial charge in [-0.05, 0) is 62.1 Å². The Balaban J connectivity index is 1.19. The Hall–Kier alpha value is -3.19. The number of nitrogens with zero attached hydrogens (tertiary/aromatic N) is 4. The van der Waals surface area contributed by atoms with Crippen LogP contribution in [-0.2, 0) is 19.3 Å². The number of hydrogen-bond donors (Lipinski definition) is 0. The maximum absolute atomic E-state index is 12.5. The van der Waals surface area contributed by atoms with Gasteiger partial charge in [-0.1, -0.05) is 17.3 Å². The third-order valence-corrected chi connectivity index (χ3v) is 5.75. The van der Waals surface area contributed by atoms with Gasteiger partial charge in [-0.2, -0.15) is 0 Å². The van der Waals surface area contributed by atoms with Crippen molar-refractivity contribution in [3.05, 3.63) is 76.9 Å². The molecule has 0 bridgehead atoms. The summed E-state index contributed by atoms with van der Waals surface area (Å²) < 4.78 is 10.9. The molecule has 0 saturated carbocycles. The van der Waals surface area contributed by atoms with Gasteiger partial charge in [0, 0.05) is 57.1 Å². The summed E-state index contributed by atoms with van der Waals surface area (Å²) in [4.78, 5) is 21.1. The summed E-state index contributed by atoms with van der Waals surface area (Å²) in [5.41, 5.74) is 4.42. The molecule has 7 heteroatoms. The highest BCUT2D eigenvalue weighted by atomic mass is 16.6. The fourth-order valence-corrected chi connectivity index (χ4v) is 3.85. The van der Waals surface area contributed by atoms with E-state index >= 15 is 0 Å². The molecule has 168 valence electrons. The minimum atomic E-state index is -0.285. The standard InChI is InChI=1S/C25H30N4O3/c1-19-9-11-26-22(17-19)6-3-21-4-7-23(8-5-21)31-25(30)29-15-13-28(14-16-29)12-10-24-18-20(2)27-32-24/h4-5,7-9,11,17-18H,3,6,10,12-16H2,1-2H3. The van der Waals surface area contributed by atoms with Gasteiger partial charge in [-0.15, -0.1) is 0 Å². The molecule has 3 aromatic rings. The molecule has 1 fully saturated rings. The molecule has 1 saturated heterocycles. The molecule has 4 rings (SSSR count). The van der Waals surface area contributed by atoms with Crippen molar-refractivity contribution in [3.8, 4) is 5.75 Å². The average molecular weight is 435 g/mol. The van der Waals surface area contributed by atoms with E-state index in [1.165, 1.54) is 11.1 Å². The van der Waals surface area contributed by atoms with E-state index in [-0.39, 0.29) is 6.09 Å². The van der Waals surface area contributed by atoms with Crippen LogP contribution in [0.5, 0.6) is 5.75 Å². The monoisotopic (exact) mass is 434 g/mol. The van der Waals surface area contributed by atoms with Crippen molar-refractivity contribution in [2.45, 2.75) is 33.1 Å². The number of piperazine rings is 1. The topological polar surface area (TPSA) is 71.7 Å². The SMILES string of the molecule is Cc1ccnc(CCc2ccc(OC(=O)N3CCN(CCc4cc(C)no4)CC3)cc2)c1. The predicted octanol–water partition coefficient (Wildman–Crippen LogP) is 3.83. The highest BCUT2D eigenvalue weighted by Crippen LogP contribution is 2.16. The number of benzene rings is 1. The zero-order valence-electron chi connectivity index (χ0n) is 18.8. The molecule has 0 N–H and O–H groups in total. The van der Waals surface area contributed by atoms with Crippen LogP contribution in [0, 0.1) is 13.8 Å². The van der Waals surface area contributed by atoms with Crippen LogP contribution in [-0.4, -0.2) is 58.8 Å². The number of aromatic nitrogens is 2. The van der Waals surface area contributed by atoms with Crippen molar-refractivity contribution in [2.75, 3.05) is 32.7 Å². The fraction of sp³-hybridized carbons (Fsp3) is 0.400. The molecule has 1 aromatic carbocycles. The lowest BCUT2D eigenvalue weighted by Crippen LogP contribution is -2.49. The Kier molecular flexibility index (Phi) is 7.17. The Morgan fingerprint density at radius 1 is 1.00 bits per heavy atom. The lowest BCUT2D eigenvalue weighted by molar-refractivity contribution is 0.110. The van der Waals surface area contributed by atoms with Crippen LogP contribution in [0.4, 0.5) is 4.79 Å². The van der Waals surface area contributed by atoms with Crippen LogP contribution in [0.25, 0.3) is 0 Å². The van der Waals surface area contributed by atoms with Gasteiger partial charge >= 0.3 is 6.09 Å². The lowest BCUT2D eigenvalue weighted by atomic mass is 10.1. The minimum Gasteiger partial charge on any atom is -0.410 e. The molecule has 7 nitrogen and oxygen atoms in total. The summed E-state index contributed by atoms with van der Waals surface area (Å²) in [6.07, 6.45) is 4.19. The number of amides is 1. The Morgan fingerprint density at radius 2 is 1.78 bits per heavy atom. The predicted molar refractivity (Wildman–Crippen MR) is 122 cm³/mol. The van der Waals surface area contributed by atoms with Crippen molar-refractivity contribution >= 4 is 6.09 Å². The normalized spacial score (nSPS) is 14.5. The van der Waals surface area contributed by atoms with Gasteiger partial charge < -0.3 is 14.2 Å². The number of ether oxygens (including phenoxy) is 1. The minimum absolute atomic E-state index is 0.285. The number of carbonyl (C=O) groups is 1. The van der Waals surface area contributed by atoms with Crippen LogP contribution in [0.1, 0.15) is 28.3 Å². The molecular formula is C25H30N4O3. The second-order valence-electron chi connectivity index (χ2n) is 8.35. The van der Waals surface area contributed by atoms with E-state index in [0.29, 0.717) is 18.8 Å². The molecule has 0 aliphatic carbocycles. The quantitative estimate of drug-likeness (QED) is 0.563. The van der Waals surface area contributed by atoms with Gasteiger partial charge in [0.1, 0.15) is 11.5 Å². The zero-order valence-corrected chi connectivity index (χ0v) is 18.8. The van der Waals surface area contributed by atoms with Gasteiger partial charge in [0.05, 0.1) is 5.69 Å². The van der Waals surface area contributed by atoms with Crippen LogP contribution in [0.15, 0.2) is 53.2 Å². The highest BCUT2D eigenvalue weighted by Gasteiger charge is 2.22. The zero-order chi connectivity index (χ0) is 22.3. The van der Waals surface area contributed by atoms with Crippen molar-refractivity contribution < 1.29 is 14.1 Å². The maximum atomic E-state index is 12.5. The van der Waals surface area contributed by atoms with Gasteiger partial charge in [-0.25, -0.2) is 4.79 Å². The average Bonchev–Trinajstić information content (AvgIpc) is 3.23. The first-order chi connectivity index (χ1) is 15.5. The van der Waals surface area contributed by atoms with Gasteiger partial charge in [0.15, 0.2) is 0 Å².